The van der Waals surface area contributed by atoms with Crippen molar-refractivity contribution in [2.24, 2.45) is 0 Å². The second-order valence-corrected chi connectivity index (χ2v) is 8.60. The molecule has 1 N–H and O–H groups in total. The van der Waals surface area contributed by atoms with Crippen molar-refractivity contribution in [3.05, 3.63) is 101 Å². The number of carbonyl (C=O) groups is 1. The van der Waals surface area contributed by atoms with Gasteiger partial charge in [-0.05, 0) is 65.4 Å². The molecule has 2 atom stereocenters. The fourth-order valence-corrected chi connectivity index (χ4v) is 5.11. The third-order valence-corrected chi connectivity index (χ3v) is 6.62. The third kappa shape index (κ3) is 4.06. The van der Waals surface area contributed by atoms with Crippen LogP contribution in [0.5, 0.6) is 0 Å². The van der Waals surface area contributed by atoms with E-state index in [1.54, 1.807) is 6.07 Å². The quantitative estimate of drug-likeness (QED) is 0.279. The van der Waals surface area contributed by atoms with Crippen LogP contribution in [0.15, 0.2) is 78.4 Å². The Morgan fingerprint density at radius 1 is 0.939 bits per heavy atom. The number of hydrogen-bond acceptors (Lipinski definition) is 3. The molecule has 1 aliphatic heterocycles. The Labute approximate surface area is 193 Å². The molecule has 1 heterocycles. The maximum Gasteiger partial charge on any atom is 0.346 e. The third-order valence-electron chi connectivity index (χ3n) is 6.62. The Hall–Kier alpha value is -4.10. The van der Waals surface area contributed by atoms with Crippen LogP contribution in [-0.2, 0) is 4.79 Å². The zero-order valence-electron chi connectivity index (χ0n) is 18.2. The minimum absolute atomic E-state index is 0.244. The first-order chi connectivity index (χ1) is 16.1. The summed E-state index contributed by atoms with van der Waals surface area (Å²) in [5.41, 5.74) is 6.46. The van der Waals surface area contributed by atoms with Crippen LogP contribution < -0.4 is 4.90 Å². The van der Waals surface area contributed by atoms with Gasteiger partial charge in [0.15, 0.2) is 0 Å². The van der Waals surface area contributed by atoms with E-state index in [4.69, 9.17) is 5.26 Å². The maximum atomic E-state index is 11.2. The lowest BCUT2D eigenvalue weighted by atomic mass is 9.95. The maximum absolute atomic E-state index is 11.2. The number of aliphatic carboxylic acids is 1. The Bertz CT molecular complexity index is 1280. The van der Waals surface area contributed by atoms with E-state index in [0.29, 0.717) is 12.0 Å². The molecule has 1 saturated carbocycles. The molecule has 33 heavy (non-hydrogen) atoms. The summed E-state index contributed by atoms with van der Waals surface area (Å²) in [5, 5.41) is 18.3. The van der Waals surface area contributed by atoms with E-state index in [1.165, 1.54) is 35.0 Å². The predicted octanol–water partition coefficient (Wildman–Crippen LogP) is 6.64. The van der Waals surface area contributed by atoms with Gasteiger partial charge in [-0.15, -0.1) is 0 Å². The van der Waals surface area contributed by atoms with E-state index in [0.717, 1.165) is 24.0 Å². The minimum atomic E-state index is -1.19. The van der Waals surface area contributed by atoms with Crippen molar-refractivity contribution in [3.8, 4) is 6.07 Å². The SMILES string of the molecule is N#C/C(=C/c1ccc2c(c1)C1CCCC1N2c1ccc(/C=C/c2ccccc2)cc1)C(=O)O. The summed E-state index contributed by atoms with van der Waals surface area (Å²) in [5.74, 6) is -0.763. The van der Waals surface area contributed by atoms with E-state index in [2.05, 4.69) is 65.6 Å². The van der Waals surface area contributed by atoms with Crippen molar-refractivity contribution in [1.29, 1.82) is 5.26 Å². The Morgan fingerprint density at radius 2 is 1.64 bits per heavy atom. The number of fused-ring (bicyclic) bond motifs is 3. The minimum Gasteiger partial charge on any atom is -0.477 e. The van der Waals surface area contributed by atoms with Gasteiger partial charge in [0.25, 0.3) is 0 Å². The van der Waals surface area contributed by atoms with Gasteiger partial charge in [-0.2, -0.15) is 5.26 Å². The number of anilines is 2. The molecule has 0 bridgehead atoms. The molecule has 0 aromatic heterocycles. The zero-order chi connectivity index (χ0) is 22.8. The Kier molecular flexibility index (Phi) is 5.54. The van der Waals surface area contributed by atoms with Crippen molar-refractivity contribution in [2.75, 3.05) is 4.90 Å². The van der Waals surface area contributed by atoms with Crippen LogP contribution in [0, 0.1) is 11.3 Å². The number of nitrogens with zero attached hydrogens (tertiary/aromatic N) is 2. The first kappa shape index (κ1) is 20.8. The van der Waals surface area contributed by atoms with Gasteiger partial charge in [0.05, 0.1) is 0 Å². The lowest BCUT2D eigenvalue weighted by Gasteiger charge is -2.27. The summed E-state index contributed by atoms with van der Waals surface area (Å²) in [6, 6.07) is 27.2. The van der Waals surface area contributed by atoms with Gasteiger partial charge in [-0.25, -0.2) is 4.79 Å². The van der Waals surface area contributed by atoms with Crippen LogP contribution in [0.1, 0.15) is 47.4 Å². The van der Waals surface area contributed by atoms with E-state index < -0.39 is 5.97 Å². The van der Waals surface area contributed by atoms with Crippen LogP contribution in [0.4, 0.5) is 11.4 Å². The number of hydrogen-bond donors (Lipinski definition) is 1. The molecule has 2 unspecified atom stereocenters. The molecular formula is C29H24N2O2. The molecule has 162 valence electrons. The first-order valence-electron chi connectivity index (χ1n) is 11.3. The number of carboxylic acids is 1. The Balaban J connectivity index is 1.45. The summed E-state index contributed by atoms with van der Waals surface area (Å²) < 4.78 is 0. The number of carboxylic acid groups (broad SMARTS) is 1. The number of benzene rings is 3. The molecule has 0 amide bonds. The van der Waals surface area contributed by atoms with Crippen molar-refractivity contribution in [3.63, 3.8) is 0 Å². The van der Waals surface area contributed by atoms with Crippen LogP contribution in [0.25, 0.3) is 18.2 Å². The molecule has 2 aliphatic rings. The van der Waals surface area contributed by atoms with E-state index in [1.807, 2.05) is 24.3 Å². The second kappa shape index (κ2) is 8.80. The van der Waals surface area contributed by atoms with Crippen molar-refractivity contribution in [2.45, 2.75) is 31.2 Å². The molecule has 5 rings (SSSR count). The standard InChI is InChI=1S/C29H24N2O2/c30-19-23(29(32)33)17-22-13-16-28-26(18-22)25-7-4-8-27(25)31(28)24-14-11-21(12-15-24)10-9-20-5-2-1-3-6-20/h1-3,5-6,9-18,25,27H,4,7-8H2,(H,32,33)/b10-9+,23-17-. The van der Waals surface area contributed by atoms with E-state index in [-0.39, 0.29) is 5.57 Å². The lowest BCUT2D eigenvalue weighted by molar-refractivity contribution is -0.132. The van der Waals surface area contributed by atoms with Gasteiger partial charge in [-0.3, -0.25) is 0 Å². The van der Waals surface area contributed by atoms with Crippen LogP contribution >= 0.6 is 0 Å². The van der Waals surface area contributed by atoms with Gasteiger partial charge in [0.1, 0.15) is 11.6 Å². The molecule has 0 spiro atoms. The summed E-state index contributed by atoms with van der Waals surface area (Å²) >= 11 is 0. The summed E-state index contributed by atoms with van der Waals surface area (Å²) in [6.07, 6.45) is 9.16. The zero-order valence-corrected chi connectivity index (χ0v) is 18.2. The molecule has 3 aromatic carbocycles. The van der Waals surface area contributed by atoms with Gasteiger partial charge < -0.3 is 10.0 Å². The summed E-state index contributed by atoms with van der Waals surface area (Å²) in [7, 11) is 0. The smallest absolute Gasteiger partial charge is 0.346 e. The Morgan fingerprint density at radius 3 is 2.33 bits per heavy atom. The topological polar surface area (TPSA) is 64.3 Å². The molecule has 4 nitrogen and oxygen atoms in total. The molecule has 3 aromatic rings. The predicted molar refractivity (Wildman–Crippen MR) is 132 cm³/mol. The van der Waals surface area contributed by atoms with Gasteiger partial charge >= 0.3 is 5.97 Å². The normalized spacial score (nSPS) is 19.4. The van der Waals surface area contributed by atoms with Gasteiger partial charge in [-0.1, -0.05) is 67.1 Å². The molecule has 1 fully saturated rings. The number of nitriles is 1. The molecule has 0 radical (unpaired) electrons. The molecule has 1 aliphatic carbocycles. The highest BCUT2D eigenvalue weighted by Gasteiger charge is 2.42. The van der Waals surface area contributed by atoms with Gasteiger partial charge in [0, 0.05) is 23.3 Å². The molecule has 0 saturated heterocycles. The van der Waals surface area contributed by atoms with Crippen LogP contribution in [0.2, 0.25) is 0 Å². The highest BCUT2D eigenvalue weighted by atomic mass is 16.4. The fraction of sp³-hybridized carbons (Fsp3) is 0.172. The first-order valence-corrected chi connectivity index (χ1v) is 11.3. The van der Waals surface area contributed by atoms with E-state index in [9.17, 15) is 9.90 Å². The van der Waals surface area contributed by atoms with Crippen molar-refractivity contribution < 1.29 is 9.90 Å². The largest absolute Gasteiger partial charge is 0.477 e. The van der Waals surface area contributed by atoms with E-state index >= 15 is 0 Å². The second-order valence-electron chi connectivity index (χ2n) is 8.60. The molecule has 4 heteroatoms. The van der Waals surface area contributed by atoms with Crippen LogP contribution in [-0.4, -0.2) is 17.1 Å². The average molecular weight is 433 g/mol. The highest BCUT2D eigenvalue weighted by molar-refractivity contribution is 5.96. The average Bonchev–Trinajstić information content (AvgIpc) is 3.43. The number of rotatable bonds is 5. The monoisotopic (exact) mass is 432 g/mol. The highest BCUT2D eigenvalue weighted by Crippen LogP contribution is 2.52. The fourth-order valence-electron chi connectivity index (χ4n) is 5.11. The van der Waals surface area contributed by atoms with Crippen LogP contribution in [0.3, 0.4) is 0 Å². The van der Waals surface area contributed by atoms with Gasteiger partial charge in [0.2, 0.25) is 0 Å². The summed E-state index contributed by atoms with van der Waals surface area (Å²) in [6.45, 7) is 0. The van der Waals surface area contributed by atoms with Crippen molar-refractivity contribution >= 4 is 35.6 Å². The van der Waals surface area contributed by atoms with Crippen molar-refractivity contribution in [1.82, 2.24) is 0 Å². The molecular weight excluding hydrogens is 408 g/mol. The lowest BCUT2D eigenvalue weighted by Crippen LogP contribution is -2.26. The summed E-state index contributed by atoms with van der Waals surface area (Å²) in [4.78, 5) is 13.7.